The maximum atomic E-state index is 13.0. The molecule has 5 nitrogen and oxygen atoms in total. The van der Waals surface area contributed by atoms with Crippen molar-refractivity contribution in [3.8, 4) is 0 Å². The van der Waals surface area contributed by atoms with Crippen LogP contribution in [0.5, 0.6) is 0 Å². The fourth-order valence-electron chi connectivity index (χ4n) is 5.79. The minimum atomic E-state index is -0.530. The topological polar surface area (TPSA) is 72.5 Å². The van der Waals surface area contributed by atoms with E-state index in [2.05, 4.69) is 109 Å². The first-order valence-electron chi connectivity index (χ1n) is 13.7. The van der Waals surface area contributed by atoms with Crippen LogP contribution in [0.4, 0.5) is 0 Å². The number of ether oxygens (including phenoxy) is 1. The molecule has 0 fully saturated rings. The van der Waals surface area contributed by atoms with Gasteiger partial charge >= 0.3 is 5.97 Å². The van der Waals surface area contributed by atoms with Gasteiger partial charge in [-0.05, 0) is 60.5 Å². The minimum Gasteiger partial charge on any atom is -0.461 e. The van der Waals surface area contributed by atoms with Gasteiger partial charge in [0, 0.05) is 11.6 Å². The van der Waals surface area contributed by atoms with Gasteiger partial charge in [0.25, 0.3) is 11.8 Å². The monoisotopic (exact) mass is 525 g/mol. The molecule has 1 heterocycles. The zero-order valence-electron chi connectivity index (χ0n) is 26.6. The molecule has 2 amide bonds. The summed E-state index contributed by atoms with van der Waals surface area (Å²) in [5.74, 6) is -1.54. The van der Waals surface area contributed by atoms with Crippen molar-refractivity contribution < 1.29 is 19.1 Å². The SMILES string of the molecule is CC(C)(C)c1c(COC(=O)CC2=CC(=O)NC2=O)c(C(C)(C)C)c(C(C)(C)C)c(C(C)(C)C)c1C(C)(C)C. The van der Waals surface area contributed by atoms with Crippen molar-refractivity contribution in [1.82, 2.24) is 5.32 Å². The van der Waals surface area contributed by atoms with E-state index in [1.807, 2.05) is 0 Å². The van der Waals surface area contributed by atoms with Crippen LogP contribution < -0.4 is 5.32 Å². The molecular weight excluding hydrogens is 474 g/mol. The molecule has 1 aliphatic heterocycles. The van der Waals surface area contributed by atoms with Gasteiger partial charge in [0.1, 0.15) is 6.61 Å². The molecule has 0 saturated heterocycles. The van der Waals surface area contributed by atoms with Gasteiger partial charge in [-0.15, -0.1) is 0 Å². The number of imide groups is 1. The molecule has 0 saturated carbocycles. The molecular formula is C33H51NO4. The highest BCUT2D eigenvalue weighted by atomic mass is 16.5. The predicted molar refractivity (Wildman–Crippen MR) is 156 cm³/mol. The lowest BCUT2D eigenvalue weighted by Gasteiger charge is -2.45. The van der Waals surface area contributed by atoms with Crippen molar-refractivity contribution in [2.75, 3.05) is 0 Å². The Bertz CT molecular complexity index is 1110. The second-order valence-electron chi connectivity index (χ2n) is 15.9. The summed E-state index contributed by atoms with van der Waals surface area (Å²) in [6, 6.07) is 0. The molecule has 1 aliphatic rings. The Kier molecular flexibility index (Phi) is 8.32. The molecule has 38 heavy (non-hydrogen) atoms. The lowest BCUT2D eigenvalue weighted by atomic mass is 9.59. The Hall–Kier alpha value is -2.43. The zero-order valence-corrected chi connectivity index (χ0v) is 26.6. The Labute approximate surface area is 231 Å². The van der Waals surface area contributed by atoms with Crippen LogP contribution >= 0.6 is 0 Å². The quantitative estimate of drug-likeness (QED) is 0.333. The van der Waals surface area contributed by atoms with Crippen molar-refractivity contribution in [3.05, 3.63) is 45.0 Å². The lowest BCUT2D eigenvalue weighted by molar-refractivity contribution is -0.144. The van der Waals surface area contributed by atoms with Crippen molar-refractivity contribution in [1.29, 1.82) is 0 Å². The molecule has 1 aromatic rings. The summed E-state index contributed by atoms with van der Waals surface area (Å²) in [6.45, 7) is 34.0. The molecule has 212 valence electrons. The van der Waals surface area contributed by atoms with E-state index >= 15 is 0 Å². The number of rotatable bonds is 4. The Morgan fingerprint density at radius 3 is 1.26 bits per heavy atom. The summed E-state index contributed by atoms with van der Waals surface area (Å²) in [6.07, 6.45) is 0.948. The molecule has 0 aromatic heterocycles. The first-order valence-corrected chi connectivity index (χ1v) is 13.7. The van der Waals surface area contributed by atoms with Gasteiger partial charge in [-0.3, -0.25) is 19.7 Å². The van der Waals surface area contributed by atoms with Gasteiger partial charge in [0.05, 0.1) is 6.42 Å². The fourth-order valence-corrected chi connectivity index (χ4v) is 5.79. The van der Waals surface area contributed by atoms with Crippen LogP contribution in [0.2, 0.25) is 0 Å². The van der Waals surface area contributed by atoms with Gasteiger partial charge in [0.2, 0.25) is 0 Å². The number of esters is 1. The molecule has 1 N–H and O–H groups in total. The van der Waals surface area contributed by atoms with Crippen LogP contribution in [-0.4, -0.2) is 17.8 Å². The van der Waals surface area contributed by atoms with Crippen molar-refractivity contribution in [2.45, 2.75) is 144 Å². The summed E-state index contributed by atoms with van der Waals surface area (Å²) in [7, 11) is 0. The van der Waals surface area contributed by atoms with E-state index in [0.717, 1.165) is 5.56 Å². The average Bonchev–Trinajstić information content (AvgIpc) is 2.97. The smallest absolute Gasteiger partial charge is 0.310 e. The van der Waals surface area contributed by atoms with Gasteiger partial charge in [-0.1, -0.05) is 104 Å². The lowest BCUT2D eigenvalue weighted by Crippen LogP contribution is -2.37. The second kappa shape index (κ2) is 9.95. The van der Waals surface area contributed by atoms with E-state index in [1.54, 1.807) is 0 Å². The molecule has 0 atom stereocenters. The van der Waals surface area contributed by atoms with Gasteiger partial charge < -0.3 is 4.74 Å². The van der Waals surface area contributed by atoms with Crippen LogP contribution in [0.25, 0.3) is 0 Å². The molecule has 0 aliphatic carbocycles. The normalized spacial score (nSPS) is 15.5. The third-order valence-corrected chi connectivity index (χ3v) is 6.90. The van der Waals surface area contributed by atoms with Crippen molar-refractivity contribution in [3.63, 3.8) is 0 Å². The molecule has 0 spiro atoms. The standard InChI is InChI=1S/C33H51NO4/c1-29(2,3)23-20(18-38-22(36)17-19-16-21(35)34-28(19)37)24(30(4,5)6)26(32(10,11)12)27(33(13,14)15)25(23)31(7,8)9/h16H,17-18H2,1-15H3,(H,34,35,37). The number of carbonyl (C=O) groups excluding carboxylic acids is 3. The van der Waals surface area contributed by atoms with E-state index in [9.17, 15) is 14.4 Å². The Morgan fingerprint density at radius 1 is 0.632 bits per heavy atom. The molecule has 0 bridgehead atoms. The Balaban J connectivity index is 2.98. The first-order chi connectivity index (χ1) is 16.8. The average molecular weight is 526 g/mol. The highest BCUT2D eigenvalue weighted by Crippen LogP contribution is 2.51. The second-order valence-corrected chi connectivity index (χ2v) is 15.9. The number of hydrogen-bond acceptors (Lipinski definition) is 4. The van der Waals surface area contributed by atoms with Gasteiger partial charge in [-0.2, -0.15) is 0 Å². The van der Waals surface area contributed by atoms with Crippen LogP contribution in [0, 0.1) is 0 Å². The highest BCUT2D eigenvalue weighted by molar-refractivity contribution is 6.17. The molecule has 2 rings (SSSR count). The summed E-state index contributed by atoms with van der Waals surface area (Å²) in [4.78, 5) is 36.5. The predicted octanol–water partition coefficient (Wildman–Crippen LogP) is 7.19. The number of carbonyl (C=O) groups is 3. The summed E-state index contributed by atoms with van der Waals surface area (Å²) < 4.78 is 5.94. The van der Waals surface area contributed by atoms with Crippen molar-refractivity contribution >= 4 is 17.8 Å². The first kappa shape index (κ1) is 31.8. The van der Waals surface area contributed by atoms with Crippen LogP contribution in [-0.2, 0) is 52.8 Å². The van der Waals surface area contributed by atoms with Crippen LogP contribution in [0.3, 0.4) is 0 Å². The summed E-state index contributed by atoms with van der Waals surface area (Å²) >= 11 is 0. The van der Waals surface area contributed by atoms with E-state index in [1.165, 1.54) is 33.9 Å². The third-order valence-electron chi connectivity index (χ3n) is 6.90. The van der Waals surface area contributed by atoms with E-state index in [-0.39, 0.29) is 45.7 Å². The fraction of sp³-hybridized carbons (Fsp3) is 0.667. The molecule has 5 heteroatoms. The molecule has 0 radical (unpaired) electrons. The number of amides is 2. The van der Waals surface area contributed by atoms with E-state index in [4.69, 9.17) is 4.74 Å². The third kappa shape index (κ3) is 6.76. The van der Waals surface area contributed by atoms with Crippen molar-refractivity contribution in [2.24, 2.45) is 0 Å². The van der Waals surface area contributed by atoms with Gasteiger partial charge in [-0.25, -0.2) is 0 Å². The molecule has 1 aromatic carbocycles. The number of nitrogens with one attached hydrogen (secondary N) is 1. The number of benzene rings is 1. The number of hydrogen-bond donors (Lipinski definition) is 1. The van der Waals surface area contributed by atoms with E-state index in [0.29, 0.717) is 0 Å². The Morgan fingerprint density at radius 2 is 0.974 bits per heavy atom. The zero-order chi connectivity index (χ0) is 29.8. The highest BCUT2D eigenvalue weighted by Gasteiger charge is 2.42. The van der Waals surface area contributed by atoms with Gasteiger partial charge in [0.15, 0.2) is 0 Å². The summed E-state index contributed by atoms with van der Waals surface area (Å²) in [5.41, 5.74) is 6.81. The minimum absolute atomic E-state index is 0.109. The molecule has 0 unspecified atom stereocenters. The maximum absolute atomic E-state index is 13.0. The van der Waals surface area contributed by atoms with Crippen LogP contribution in [0.15, 0.2) is 11.6 Å². The van der Waals surface area contributed by atoms with E-state index < -0.39 is 17.8 Å². The summed E-state index contributed by atoms with van der Waals surface area (Å²) in [5, 5.41) is 2.19. The largest absolute Gasteiger partial charge is 0.461 e. The maximum Gasteiger partial charge on any atom is 0.310 e. The van der Waals surface area contributed by atoms with Crippen LogP contribution in [0.1, 0.15) is 144 Å².